The number of nitrogens with one attached hydrogen (secondary N) is 1. The third-order valence-corrected chi connectivity index (χ3v) is 2.92. The van der Waals surface area contributed by atoms with Crippen molar-refractivity contribution in [2.24, 2.45) is 0 Å². The largest absolute Gasteiger partial charge is 0.305 e. The van der Waals surface area contributed by atoms with E-state index in [9.17, 15) is 13.2 Å². The minimum Gasteiger partial charge on any atom is -0.305 e. The van der Waals surface area contributed by atoms with Gasteiger partial charge in [0.2, 0.25) is 0 Å². The van der Waals surface area contributed by atoms with Crippen molar-refractivity contribution in [3.05, 3.63) is 65.2 Å². The molecule has 5 heteroatoms. The fraction of sp³-hybridized carbons (Fsp3) is 0.267. The van der Waals surface area contributed by atoms with E-state index in [1.165, 1.54) is 24.3 Å². The molecular formula is C15H15F3N2. The first-order chi connectivity index (χ1) is 9.61. The number of nitrogens with zero attached hydrogens (tertiary/aromatic N) is 1. The van der Waals surface area contributed by atoms with Gasteiger partial charge in [-0.2, -0.15) is 0 Å². The Morgan fingerprint density at radius 3 is 2.45 bits per heavy atom. The molecular weight excluding hydrogens is 265 g/mol. The number of benzene rings is 1. The Bertz CT molecular complexity index is 570. The van der Waals surface area contributed by atoms with Gasteiger partial charge in [-0.15, -0.1) is 0 Å². The summed E-state index contributed by atoms with van der Waals surface area (Å²) in [5, 5.41) is 3.13. The maximum absolute atomic E-state index is 13.9. The van der Waals surface area contributed by atoms with Gasteiger partial charge in [0.25, 0.3) is 0 Å². The number of rotatable bonds is 5. The summed E-state index contributed by atoms with van der Waals surface area (Å²) < 4.78 is 39.8. The van der Waals surface area contributed by atoms with E-state index in [1.807, 2.05) is 6.92 Å². The van der Waals surface area contributed by atoms with E-state index in [0.717, 1.165) is 18.7 Å². The molecule has 0 saturated carbocycles. The highest BCUT2D eigenvalue weighted by Crippen LogP contribution is 2.23. The summed E-state index contributed by atoms with van der Waals surface area (Å²) in [6, 6.07) is 5.64. The summed E-state index contributed by atoms with van der Waals surface area (Å²) in [5.74, 6) is -1.74. The highest BCUT2D eigenvalue weighted by atomic mass is 19.1. The van der Waals surface area contributed by atoms with Crippen molar-refractivity contribution in [1.82, 2.24) is 10.3 Å². The maximum Gasteiger partial charge on any atom is 0.141 e. The molecule has 0 radical (unpaired) electrons. The van der Waals surface area contributed by atoms with E-state index in [1.54, 1.807) is 0 Å². The number of hydrogen-bond acceptors (Lipinski definition) is 2. The van der Waals surface area contributed by atoms with Crippen LogP contribution in [0.25, 0.3) is 0 Å². The van der Waals surface area contributed by atoms with Crippen LogP contribution in [0.1, 0.15) is 30.6 Å². The fourth-order valence-electron chi connectivity index (χ4n) is 1.96. The lowest BCUT2D eigenvalue weighted by molar-refractivity contribution is 0.525. The molecule has 0 aliphatic rings. The highest BCUT2D eigenvalue weighted by Gasteiger charge is 2.19. The zero-order chi connectivity index (χ0) is 14.5. The number of pyridine rings is 1. The monoisotopic (exact) mass is 280 g/mol. The molecule has 0 aliphatic carbocycles. The molecule has 1 N–H and O–H groups in total. The Hall–Kier alpha value is -1.88. The quantitative estimate of drug-likeness (QED) is 0.905. The average molecular weight is 280 g/mol. The van der Waals surface area contributed by atoms with Gasteiger partial charge in [-0.05, 0) is 31.2 Å². The third-order valence-electron chi connectivity index (χ3n) is 2.92. The summed E-state index contributed by atoms with van der Waals surface area (Å²) >= 11 is 0. The van der Waals surface area contributed by atoms with Crippen molar-refractivity contribution >= 4 is 0 Å². The molecule has 106 valence electrons. The topological polar surface area (TPSA) is 24.9 Å². The van der Waals surface area contributed by atoms with E-state index < -0.39 is 23.5 Å². The van der Waals surface area contributed by atoms with Crippen molar-refractivity contribution in [1.29, 1.82) is 0 Å². The predicted octanol–water partition coefficient (Wildman–Crippen LogP) is 3.59. The molecule has 0 spiro atoms. The fourth-order valence-corrected chi connectivity index (χ4v) is 1.96. The van der Waals surface area contributed by atoms with Crippen molar-refractivity contribution < 1.29 is 13.2 Å². The summed E-state index contributed by atoms with van der Waals surface area (Å²) in [6.07, 6.45) is 1.93. The lowest BCUT2D eigenvalue weighted by Crippen LogP contribution is -2.25. The zero-order valence-electron chi connectivity index (χ0n) is 11.0. The molecule has 0 fully saturated rings. The van der Waals surface area contributed by atoms with Gasteiger partial charge in [0.15, 0.2) is 0 Å². The molecule has 0 bridgehead atoms. The van der Waals surface area contributed by atoms with Crippen molar-refractivity contribution in [3.63, 3.8) is 0 Å². The molecule has 1 aromatic heterocycles. The first kappa shape index (κ1) is 14.5. The summed E-state index contributed by atoms with van der Waals surface area (Å²) in [6.45, 7) is 2.61. The molecule has 20 heavy (non-hydrogen) atoms. The Morgan fingerprint density at radius 2 is 1.85 bits per heavy atom. The van der Waals surface area contributed by atoms with Crippen LogP contribution in [0.5, 0.6) is 0 Å². The minimum absolute atomic E-state index is 0.291. The van der Waals surface area contributed by atoms with E-state index >= 15 is 0 Å². The van der Waals surface area contributed by atoms with Crippen LogP contribution in [0.15, 0.2) is 36.5 Å². The maximum atomic E-state index is 13.9. The Kier molecular flexibility index (Phi) is 4.74. The van der Waals surface area contributed by atoms with Crippen LogP contribution in [0.3, 0.4) is 0 Å². The van der Waals surface area contributed by atoms with Crippen LogP contribution >= 0.6 is 0 Å². The summed E-state index contributed by atoms with van der Waals surface area (Å²) in [7, 11) is 0. The van der Waals surface area contributed by atoms with Gasteiger partial charge in [-0.1, -0.05) is 13.0 Å². The number of hydrogen-bond donors (Lipinski definition) is 1. The van der Waals surface area contributed by atoms with Crippen LogP contribution in [0.4, 0.5) is 13.2 Å². The molecule has 1 unspecified atom stereocenters. The predicted molar refractivity (Wildman–Crippen MR) is 70.7 cm³/mol. The van der Waals surface area contributed by atoms with E-state index in [-0.39, 0.29) is 0 Å². The number of aromatic nitrogens is 1. The normalized spacial score (nSPS) is 12.4. The Morgan fingerprint density at radius 1 is 1.10 bits per heavy atom. The standard InChI is InChI=1S/C15H15F3N2/c1-2-7-19-15(14-6-4-11(17)9-20-14)12-5-3-10(16)8-13(12)18/h3-6,8-9,15,19H,2,7H2,1H3. The molecule has 2 rings (SSSR count). The van der Waals surface area contributed by atoms with Gasteiger partial charge in [-0.3, -0.25) is 4.98 Å². The van der Waals surface area contributed by atoms with Crippen molar-refractivity contribution in [3.8, 4) is 0 Å². The molecule has 2 nitrogen and oxygen atoms in total. The third kappa shape index (κ3) is 3.36. The SMILES string of the molecule is CCCNC(c1ccc(F)cn1)c1ccc(F)cc1F. The van der Waals surface area contributed by atoms with Gasteiger partial charge in [0, 0.05) is 11.6 Å². The van der Waals surface area contributed by atoms with Crippen LogP contribution in [-0.4, -0.2) is 11.5 Å². The van der Waals surface area contributed by atoms with Crippen molar-refractivity contribution in [2.45, 2.75) is 19.4 Å². The molecule has 1 atom stereocenters. The first-order valence-electron chi connectivity index (χ1n) is 6.41. The van der Waals surface area contributed by atoms with Crippen LogP contribution in [0, 0.1) is 17.5 Å². The summed E-state index contributed by atoms with van der Waals surface area (Å²) in [4.78, 5) is 3.97. The molecule has 0 saturated heterocycles. The molecule has 0 amide bonds. The van der Waals surface area contributed by atoms with E-state index in [0.29, 0.717) is 17.8 Å². The minimum atomic E-state index is -0.648. The number of halogens is 3. The van der Waals surface area contributed by atoms with Crippen LogP contribution in [0.2, 0.25) is 0 Å². The second-order valence-electron chi connectivity index (χ2n) is 4.45. The first-order valence-corrected chi connectivity index (χ1v) is 6.41. The van der Waals surface area contributed by atoms with Gasteiger partial charge in [-0.25, -0.2) is 13.2 Å². The van der Waals surface area contributed by atoms with Gasteiger partial charge in [0.1, 0.15) is 17.5 Å². The second kappa shape index (κ2) is 6.52. The Labute approximate surface area is 115 Å². The molecule has 1 heterocycles. The molecule has 1 aromatic carbocycles. The van der Waals surface area contributed by atoms with Crippen LogP contribution in [-0.2, 0) is 0 Å². The average Bonchev–Trinajstić information content (AvgIpc) is 2.42. The lowest BCUT2D eigenvalue weighted by Gasteiger charge is -2.19. The van der Waals surface area contributed by atoms with Gasteiger partial charge < -0.3 is 5.32 Å². The molecule has 0 aliphatic heterocycles. The van der Waals surface area contributed by atoms with Gasteiger partial charge in [0.05, 0.1) is 17.9 Å². The smallest absolute Gasteiger partial charge is 0.141 e. The Balaban J connectivity index is 2.38. The van der Waals surface area contributed by atoms with Crippen molar-refractivity contribution in [2.75, 3.05) is 6.54 Å². The van der Waals surface area contributed by atoms with E-state index in [4.69, 9.17) is 0 Å². The summed E-state index contributed by atoms with van der Waals surface area (Å²) in [5.41, 5.74) is 0.782. The highest BCUT2D eigenvalue weighted by molar-refractivity contribution is 5.29. The zero-order valence-corrected chi connectivity index (χ0v) is 11.0. The van der Waals surface area contributed by atoms with E-state index in [2.05, 4.69) is 10.3 Å². The molecule has 2 aromatic rings. The van der Waals surface area contributed by atoms with Crippen LogP contribution < -0.4 is 5.32 Å². The lowest BCUT2D eigenvalue weighted by atomic mass is 10.0. The van der Waals surface area contributed by atoms with Gasteiger partial charge >= 0.3 is 0 Å². The second-order valence-corrected chi connectivity index (χ2v) is 4.45.